The van der Waals surface area contributed by atoms with E-state index in [1.807, 2.05) is 20.8 Å². The molecule has 1 aliphatic rings. The fraction of sp³-hybridized carbons (Fsp3) is 0.923. The molecule has 0 saturated heterocycles. The summed E-state index contributed by atoms with van der Waals surface area (Å²) in [5.41, 5.74) is -0.475. The molecule has 0 spiro atoms. The second kappa shape index (κ2) is 5.71. The van der Waals surface area contributed by atoms with Crippen LogP contribution in [-0.4, -0.2) is 29.4 Å². The fourth-order valence-electron chi connectivity index (χ4n) is 2.43. The van der Waals surface area contributed by atoms with Crippen LogP contribution in [0.1, 0.15) is 47.0 Å². The fourth-order valence-corrected chi connectivity index (χ4v) is 2.43. The molecular weight excluding hydrogens is 218 g/mol. The lowest BCUT2D eigenvalue weighted by molar-refractivity contribution is 0.0399. The van der Waals surface area contributed by atoms with E-state index in [4.69, 9.17) is 4.74 Å². The number of aliphatic hydroxyl groups is 1. The van der Waals surface area contributed by atoms with Gasteiger partial charge in [-0.05, 0) is 39.5 Å². The minimum absolute atomic E-state index is 0.0311. The van der Waals surface area contributed by atoms with Gasteiger partial charge in [-0.25, -0.2) is 4.79 Å². The third-order valence-electron chi connectivity index (χ3n) is 3.27. The van der Waals surface area contributed by atoms with E-state index in [2.05, 4.69) is 12.2 Å². The zero-order valence-electron chi connectivity index (χ0n) is 11.3. The quantitative estimate of drug-likeness (QED) is 0.782. The number of hydrogen-bond donors (Lipinski definition) is 2. The Labute approximate surface area is 104 Å². The highest BCUT2D eigenvalue weighted by Crippen LogP contribution is 2.29. The monoisotopic (exact) mass is 243 g/mol. The first kappa shape index (κ1) is 14.3. The van der Waals surface area contributed by atoms with Gasteiger partial charge in [-0.2, -0.15) is 0 Å². The lowest BCUT2D eigenvalue weighted by Gasteiger charge is -2.36. The van der Waals surface area contributed by atoms with Crippen molar-refractivity contribution in [3.8, 4) is 0 Å². The van der Waals surface area contributed by atoms with Gasteiger partial charge >= 0.3 is 6.09 Å². The van der Waals surface area contributed by atoms with Crippen molar-refractivity contribution in [3.63, 3.8) is 0 Å². The summed E-state index contributed by atoms with van der Waals surface area (Å²) in [4.78, 5) is 11.7. The van der Waals surface area contributed by atoms with E-state index in [0.29, 0.717) is 5.92 Å². The van der Waals surface area contributed by atoms with Crippen molar-refractivity contribution in [2.45, 2.75) is 58.6 Å². The highest BCUT2D eigenvalue weighted by atomic mass is 16.6. The number of ether oxygens (including phenoxy) is 1. The lowest BCUT2D eigenvalue weighted by Crippen LogP contribution is -2.49. The maximum atomic E-state index is 11.7. The normalized spacial score (nSPS) is 29.8. The molecule has 0 aromatic carbocycles. The number of carbonyl (C=O) groups excluding carboxylic acids is 1. The molecule has 1 amide bonds. The van der Waals surface area contributed by atoms with Crippen molar-refractivity contribution >= 4 is 6.09 Å². The molecule has 4 heteroatoms. The van der Waals surface area contributed by atoms with E-state index in [-0.39, 0.29) is 24.7 Å². The van der Waals surface area contributed by atoms with Crippen LogP contribution in [0.4, 0.5) is 4.79 Å². The van der Waals surface area contributed by atoms with Crippen LogP contribution in [0.2, 0.25) is 0 Å². The SMILES string of the molecule is C[C@H]1CCC[C@H](CO)[C@H]1NC(=O)OC(C)(C)C. The maximum absolute atomic E-state index is 11.7. The van der Waals surface area contributed by atoms with E-state index in [1.54, 1.807) is 0 Å². The Kier molecular flexibility index (Phi) is 4.80. The Hall–Kier alpha value is -0.770. The van der Waals surface area contributed by atoms with Crippen molar-refractivity contribution in [2.75, 3.05) is 6.61 Å². The van der Waals surface area contributed by atoms with Gasteiger partial charge in [0.1, 0.15) is 5.60 Å². The first-order valence-electron chi connectivity index (χ1n) is 6.44. The highest BCUT2D eigenvalue weighted by Gasteiger charge is 2.32. The molecule has 0 aromatic rings. The molecule has 1 aliphatic carbocycles. The standard InChI is InChI=1S/C13H25NO3/c1-9-6-5-7-10(8-15)11(9)14-12(16)17-13(2,3)4/h9-11,15H,5-8H2,1-4H3,(H,14,16)/t9-,10+,11-/m0/s1. The molecule has 0 unspecified atom stereocenters. The number of hydrogen-bond acceptors (Lipinski definition) is 3. The molecule has 3 atom stereocenters. The maximum Gasteiger partial charge on any atom is 0.407 e. The summed E-state index contributed by atoms with van der Waals surface area (Å²) in [5, 5.41) is 12.2. The summed E-state index contributed by atoms with van der Waals surface area (Å²) in [6.07, 6.45) is 2.81. The minimum Gasteiger partial charge on any atom is -0.444 e. The van der Waals surface area contributed by atoms with Gasteiger partial charge in [0.15, 0.2) is 0 Å². The van der Waals surface area contributed by atoms with Crippen LogP contribution in [0.3, 0.4) is 0 Å². The molecule has 17 heavy (non-hydrogen) atoms. The Bertz CT molecular complexity index is 260. The number of amides is 1. The molecular formula is C13H25NO3. The van der Waals surface area contributed by atoms with Crippen LogP contribution in [0.15, 0.2) is 0 Å². The summed E-state index contributed by atoms with van der Waals surface area (Å²) < 4.78 is 5.25. The van der Waals surface area contributed by atoms with Crippen molar-refractivity contribution in [3.05, 3.63) is 0 Å². The lowest BCUT2D eigenvalue weighted by atomic mass is 9.78. The van der Waals surface area contributed by atoms with E-state index in [9.17, 15) is 9.90 Å². The van der Waals surface area contributed by atoms with E-state index >= 15 is 0 Å². The van der Waals surface area contributed by atoms with Crippen LogP contribution in [-0.2, 0) is 4.74 Å². The molecule has 0 aromatic heterocycles. The summed E-state index contributed by atoms with van der Waals surface area (Å²) >= 11 is 0. The Morgan fingerprint density at radius 2 is 2.06 bits per heavy atom. The minimum atomic E-state index is -0.475. The summed E-state index contributed by atoms with van der Waals surface area (Å²) in [6.45, 7) is 7.79. The third-order valence-corrected chi connectivity index (χ3v) is 3.27. The number of nitrogens with one attached hydrogen (secondary N) is 1. The molecule has 1 saturated carbocycles. The Morgan fingerprint density at radius 3 is 2.59 bits per heavy atom. The summed E-state index contributed by atoms with van der Waals surface area (Å²) in [5.74, 6) is 0.555. The first-order chi connectivity index (χ1) is 7.83. The first-order valence-corrected chi connectivity index (χ1v) is 6.44. The van der Waals surface area contributed by atoms with Crippen LogP contribution in [0, 0.1) is 11.8 Å². The molecule has 1 fully saturated rings. The molecule has 1 rings (SSSR count). The van der Waals surface area contributed by atoms with Gasteiger partial charge in [0.2, 0.25) is 0 Å². The molecule has 0 aliphatic heterocycles. The van der Waals surface area contributed by atoms with Crippen molar-refractivity contribution < 1.29 is 14.6 Å². The number of aliphatic hydroxyl groups excluding tert-OH is 1. The molecule has 4 nitrogen and oxygen atoms in total. The predicted octanol–water partition coefficient (Wildman–Crippen LogP) is 2.31. The van der Waals surface area contributed by atoms with E-state index in [1.165, 1.54) is 0 Å². The predicted molar refractivity (Wildman–Crippen MR) is 66.7 cm³/mol. The van der Waals surface area contributed by atoms with Gasteiger partial charge in [-0.3, -0.25) is 0 Å². The summed E-state index contributed by atoms with van der Waals surface area (Å²) in [7, 11) is 0. The van der Waals surface area contributed by atoms with Gasteiger partial charge in [0.25, 0.3) is 0 Å². The number of carbonyl (C=O) groups is 1. The largest absolute Gasteiger partial charge is 0.444 e. The van der Waals surface area contributed by atoms with Gasteiger partial charge in [0.05, 0.1) is 0 Å². The van der Waals surface area contributed by atoms with Crippen molar-refractivity contribution in [2.24, 2.45) is 11.8 Å². The van der Waals surface area contributed by atoms with Gasteiger partial charge < -0.3 is 15.2 Å². The Balaban J connectivity index is 2.55. The molecule has 0 heterocycles. The molecule has 2 N–H and O–H groups in total. The number of alkyl carbamates (subject to hydrolysis) is 1. The number of rotatable bonds is 2. The van der Waals surface area contributed by atoms with Crippen molar-refractivity contribution in [1.29, 1.82) is 0 Å². The zero-order valence-corrected chi connectivity index (χ0v) is 11.3. The third kappa shape index (κ3) is 4.54. The zero-order chi connectivity index (χ0) is 13.1. The second-order valence-electron chi connectivity index (χ2n) is 6.02. The van der Waals surface area contributed by atoms with E-state index in [0.717, 1.165) is 19.3 Å². The molecule has 100 valence electrons. The smallest absolute Gasteiger partial charge is 0.407 e. The molecule has 0 radical (unpaired) electrons. The van der Waals surface area contributed by atoms with E-state index < -0.39 is 5.60 Å². The Morgan fingerprint density at radius 1 is 1.41 bits per heavy atom. The molecule has 0 bridgehead atoms. The van der Waals surface area contributed by atoms with Gasteiger partial charge in [-0.1, -0.05) is 13.3 Å². The average Bonchev–Trinajstić information content (AvgIpc) is 2.18. The second-order valence-corrected chi connectivity index (χ2v) is 6.02. The van der Waals surface area contributed by atoms with Crippen molar-refractivity contribution in [1.82, 2.24) is 5.32 Å². The topological polar surface area (TPSA) is 58.6 Å². The van der Waals surface area contributed by atoms with Crippen LogP contribution in [0.5, 0.6) is 0 Å². The van der Waals surface area contributed by atoms with Crippen LogP contribution < -0.4 is 5.32 Å². The van der Waals surface area contributed by atoms with Crippen LogP contribution in [0.25, 0.3) is 0 Å². The average molecular weight is 243 g/mol. The highest BCUT2D eigenvalue weighted by molar-refractivity contribution is 5.68. The van der Waals surface area contributed by atoms with Gasteiger partial charge in [-0.15, -0.1) is 0 Å². The summed E-state index contributed by atoms with van der Waals surface area (Å²) in [6, 6.07) is 0.0311. The van der Waals surface area contributed by atoms with Crippen LogP contribution >= 0.6 is 0 Å². The van der Waals surface area contributed by atoms with Gasteiger partial charge in [0, 0.05) is 18.6 Å².